The molecule has 1 atom stereocenters. The van der Waals surface area contributed by atoms with Crippen molar-refractivity contribution in [3.05, 3.63) is 23.8 Å². The maximum absolute atomic E-state index is 12.2. The molecule has 0 aliphatic heterocycles. The van der Waals surface area contributed by atoms with Crippen LogP contribution in [0.25, 0.3) is 0 Å². The summed E-state index contributed by atoms with van der Waals surface area (Å²) in [7, 11) is -0.692. The molecule has 0 aliphatic carbocycles. The summed E-state index contributed by atoms with van der Waals surface area (Å²) in [6.07, 6.45) is 0. The van der Waals surface area contributed by atoms with E-state index in [1.54, 1.807) is 33.2 Å². The van der Waals surface area contributed by atoms with Crippen molar-refractivity contribution in [3.8, 4) is 0 Å². The monoisotopic (exact) mass is 285 g/mol. The second-order valence-electron chi connectivity index (χ2n) is 4.57. The van der Waals surface area contributed by atoms with E-state index in [2.05, 4.69) is 4.72 Å². The minimum atomic E-state index is -3.82. The number of hydrogen-bond donors (Lipinski definition) is 2. The van der Waals surface area contributed by atoms with E-state index < -0.39 is 16.1 Å². The standard InChI is InChI=1S/C12H19N3O3S/c1-8-6-5-7-10(13)11(8)19(17,18)14-9(2)12(16)15(3)4/h5-7,9,14H,13H2,1-4H3. The molecule has 0 saturated heterocycles. The molecule has 6 nitrogen and oxygen atoms in total. The molecule has 19 heavy (non-hydrogen) atoms. The molecule has 1 unspecified atom stereocenters. The molecule has 0 saturated carbocycles. The Hall–Kier alpha value is -1.60. The van der Waals surface area contributed by atoms with E-state index in [-0.39, 0.29) is 16.5 Å². The quantitative estimate of drug-likeness (QED) is 0.780. The van der Waals surface area contributed by atoms with Crippen molar-refractivity contribution in [2.45, 2.75) is 24.8 Å². The average molecular weight is 285 g/mol. The Kier molecular flexibility index (Phi) is 4.54. The van der Waals surface area contributed by atoms with Crippen LogP contribution in [-0.2, 0) is 14.8 Å². The summed E-state index contributed by atoms with van der Waals surface area (Å²) in [4.78, 5) is 13.0. The van der Waals surface area contributed by atoms with Crippen molar-refractivity contribution >= 4 is 21.6 Å². The van der Waals surface area contributed by atoms with Crippen molar-refractivity contribution in [2.24, 2.45) is 0 Å². The zero-order valence-corrected chi connectivity index (χ0v) is 12.3. The van der Waals surface area contributed by atoms with Crippen molar-refractivity contribution in [3.63, 3.8) is 0 Å². The number of benzene rings is 1. The molecular weight excluding hydrogens is 266 g/mol. The van der Waals surface area contributed by atoms with Gasteiger partial charge in [-0.3, -0.25) is 4.79 Å². The molecule has 106 valence electrons. The summed E-state index contributed by atoms with van der Waals surface area (Å²) in [5, 5.41) is 0. The third-order valence-electron chi connectivity index (χ3n) is 2.65. The van der Waals surface area contributed by atoms with Crippen molar-refractivity contribution < 1.29 is 13.2 Å². The zero-order chi connectivity index (χ0) is 14.8. The number of nitrogens with one attached hydrogen (secondary N) is 1. The van der Waals surface area contributed by atoms with Gasteiger partial charge in [-0.2, -0.15) is 4.72 Å². The lowest BCUT2D eigenvalue weighted by Gasteiger charge is -2.19. The van der Waals surface area contributed by atoms with Gasteiger partial charge in [0.25, 0.3) is 0 Å². The fourth-order valence-corrected chi connectivity index (χ4v) is 3.33. The van der Waals surface area contributed by atoms with Gasteiger partial charge in [-0.05, 0) is 25.5 Å². The molecule has 1 amide bonds. The molecule has 0 fully saturated rings. The molecule has 1 rings (SSSR count). The number of nitrogen functional groups attached to an aromatic ring is 1. The van der Waals surface area contributed by atoms with E-state index >= 15 is 0 Å². The van der Waals surface area contributed by atoms with Gasteiger partial charge in [0.05, 0.1) is 11.7 Å². The van der Waals surface area contributed by atoms with Gasteiger partial charge in [0, 0.05) is 14.1 Å². The van der Waals surface area contributed by atoms with Crippen molar-refractivity contribution in [1.82, 2.24) is 9.62 Å². The fourth-order valence-electron chi connectivity index (χ4n) is 1.77. The van der Waals surface area contributed by atoms with Crippen LogP contribution in [0.4, 0.5) is 5.69 Å². The van der Waals surface area contributed by atoms with Crippen LogP contribution in [0.15, 0.2) is 23.1 Å². The van der Waals surface area contributed by atoms with Crippen LogP contribution in [0.1, 0.15) is 12.5 Å². The van der Waals surface area contributed by atoms with Gasteiger partial charge in [-0.25, -0.2) is 8.42 Å². The molecule has 0 aromatic heterocycles. The number of nitrogens with zero attached hydrogens (tertiary/aromatic N) is 1. The second-order valence-corrected chi connectivity index (χ2v) is 6.22. The van der Waals surface area contributed by atoms with Gasteiger partial charge in [0.2, 0.25) is 15.9 Å². The molecule has 0 aliphatic rings. The molecule has 7 heteroatoms. The minimum absolute atomic E-state index is 0.0217. The molecule has 0 bridgehead atoms. The summed E-state index contributed by atoms with van der Waals surface area (Å²) in [6.45, 7) is 3.15. The summed E-state index contributed by atoms with van der Waals surface area (Å²) in [5.74, 6) is -0.323. The minimum Gasteiger partial charge on any atom is -0.398 e. The molecule has 0 radical (unpaired) electrons. The van der Waals surface area contributed by atoms with Crippen LogP contribution >= 0.6 is 0 Å². The predicted octanol–water partition coefficient (Wildman–Crippen LogP) is 0.332. The highest BCUT2D eigenvalue weighted by Gasteiger charge is 2.25. The van der Waals surface area contributed by atoms with Gasteiger partial charge in [-0.15, -0.1) is 0 Å². The van der Waals surface area contributed by atoms with Crippen LogP contribution in [0.2, 0.25) is 0 Å². The second kappa shape index (κ2) is 5.58. The summed E-state index contributed by atoms with van der Waals surface area (Å²) in [6, 6.07) is 4.00. The third kappa shape index (κ3) is 3.45. The highest BCUT2D eigenvalue weighted by Crippen LogP contribution is 2.22. The first-order chi connectivity index (χ1) is 8.66. The Bertz CT molecular complexity index is 562. The Morgan fingerprint density at radius 1 is 1.37 bits per heavy atom. The lowest BCUT2D eigenvalue weighted by Crippen LogP contribution is -2.44. The number of carbonyl (C=O) groups excluding carboxylic acids is 1. The largest absolute Gasteiger partial charge is 0.398 e. The van der Waals surface area contributed by atoms with Gasteiger partial charge < -0.3 is 10.6 Å². The first-order valence-electron chi connectivity index (χ1n) is 5.75. The normalized spacial score (nSPS) is 13.1. The third-order valence-corrected chi connectivity index (χ3v) is 4.41. The Morgan fingerprint density at radius 3 is 2.42 bits per heavy atom. The summed E-state index contributed by atoms with van der Waals surface area (Å²) in [5.41, 5.74) is 6.41. The molecule has 0 heterocycles. The van der Waals surface area contributed by atoms with E-state index in [0.717, 1.165) is 0 Å². The number of amides is 1. The molecule has 1 aromatic rings. The van der Waals surface area contributed by atoms with Gasteiger partial charge in [-0.1, -0.05) is 12.1 Å². The molecule has 3 N–H and O–H groups in total. The smallest absolute Gasteiger partial charge is 0.243 e. The lowest BCUT2D eigenvalue weighted by molar-refractivity contribution is -0.130. The summed E-state index contributed by atoms with van der Waals surface area (Å²) < 4.78 is 26.8. The van der Waals surface area contributed by atoms with Crippen LogP contribution in [0.5, 0.6) is 0 Å². The number of anilines is 1. The lowest BCUT2D eigenvalue weighted by atomic mass is 10.2. The number of carbonyl (C=O) groups is 1. The Morgan fingerprint density at radius 2 is 1.95 bits per heavy atom. The van der Waals surface area contributed by atoms with E-state index in [0.29, 0.717) is 5.56 Å². The van der Waals surface area contributed by atoms with E-state index in [4.69, 9.17) is 5.73 Å². The van der Waals surface area contributed by atoms with Gasteiger partial charge in [0.1, 0.15) is 4.90 Å². The molecular formula is C12H19N3O3S. The number of nitrogens with two attached hydrogens (primary N) is 1. The van der Waals surface area contributed by atoms with Gasteiger partial charge in [0.15, 0.2) is 0 Å². The Balaban J connectivity index is 3.10. The van der Waals surface area contributed by atoms with E-state index in [1.165, 1.54) is 17.9 Å². The highest BCUT2D eigenvalue weighted by molar-refractivity contribution is 7.89. The number of sulfonamides is 1. The zero-order valence-electron chi connectivity index (χ0n) is 11.5. The van der Waals surface area contributed by atoms with Crippen LogP contribution < -0.4 is 10.5 Å². The van der Waals surface area contributed by atoms with Crippen molar-refractivity contribution in [2.75, 3.05) is 19.8 Å². The number of likely N-dealkylation sites (N-methyl/N-ethyl adjacent to an activating group) is 1. The predicted molar refractivity (Wildman–Crippen MR) is 74.1 cm³/mol. The maximum atomic E-state index is 12.2. The SMILES string of the molecule is Cc1cccc(N)c1S(=O)(=O)NC(C)C(=O)N(C)C. The van der Waals surface area contributed by atoms with E-state index in [9.17, 15) is 13.2 Å². The number of rotatable bonds is 4. The topological polar surface area (TPSA) is 92.5 Å². The Labute approximate surface area is 113 Å². The van der Waals surface area contributed by atoms with Crippen LogP contribution in [0.3, 0.4) is 0 Å². The van der Waals surface area contributed by atoms with E-state index in [1.807, 2.05) is 0 Å². The number of hydrogen-bond acceptors (Lipinski definition) is 4. The molecule has 1 aromatic carbocycles. The summed E-state index contributed by atoms with van der Waals surface area (Å²) >= 11 is 0. The van der Waals surface area contributed by atoms with Gasteiger partial charge >= 0.3 is 0 Å². The fraction of sp³-hybridized carbons (Fsp3) is 0.417. The van der Waals surface area contributed by atoms with Crippen molar-refractivity contribution in [1.29, 1.82) is 0 Å². The molecule has 0 spiro atoms. The van der Waals surface area contributed by atoms with Crippen LogP contribution in [-0.4, -0.2) is 39.4 Å². The average Bonchev–Trinajstić information content (AvgIpc) is 2.26. The maximum Gasteiger partial charge on any atom is 0.243 e. The van der Waals surface area contributed by atoms with Crippen LogP contribution in [0, 0.1) is 6.92 Å². The first kappa shape index (κ1) is 15.5. The number of aryl methyl sites for hydroxylation is 1. The first-order valence-corrected chi connectivity index (χ1v) is 7.23. The highest BCUT2D eigenvalue weighted by atomic mass is 32.2.